The molecule has 0 saturated heterocycles. The number of nitrogens with zero attached hydrogens (tertiary/aromatic N) is 1. The number of aromatic carboxylic acids is 1. The van der Waals surface area contributed by atoms with Crippen molar-refractivity contribution < 1.29 is 19.4 Å². The predicted octanol–water partition coefficient (Wildman–Crippen LogP) is 1.52. The molecule has 0 spiro atoms. The number of aromatic nitrogens is 1. The summed E-state index contributed by atoms with van der Waals surface area (Å²) in [6.07, 6.45) is 1.05. The van der Waals surface area contributed by atoms with Gasteiger partial charge in [-0.3, -0.25) is 0 Å². The third-order valence-electron chi connectivity index (χ3n) is 2.41. The molecule has 1 aromatic heterocycles. The summed E-state index contributed by atoms with van der Waals surface area (Å²) in [5.41, 5.74) is 0.678. The molecule has 0 aliphatic rings. The highest BCUT2D eigenvalue weighted by Gasteiger charge is 2.15. The smallest absolute Gasteiger partial charge is 0.357 e. The first-order valence-electron chi connectivity index (χ1n) is 5.32. The average Bonchev–Trinajstić information content (AvgIpc) is 2.86. The van der Waals surface area contributed by atoms with E-state index in [1.54, 1.807) is 0 Å². The van der Waals surface area contributed by atoms with Crippen LogP contribution < -0.4 is 5.32 Å². The molecule has 6 nitrogen and oxygen atoms in total. The number of aliphatic hydroxyl groups is 1. The van der Waals surface area contributed by atoms with E-state index in [4.69, 9.17) is 9.52 Å². The average molecular weight is 248 g/mol. The van der Waals surface area contributed by atoms with Crippen LogP contribution in [0, 0.1) is 0 Å². The Morgan fingerprint density at radius 1 is 1.39 bits per heavy atom. The van der Waals surface area contributed by atoms with Crippen molar-refractivity contribution in [1.29, 1.82) is 0 Å². The fourth-order valence-electron chi connectivity index (χ4n) is 1.51. The van der Waals surface area contributed by atoms with Crippen LogP contribution in [0.1, 0.15) is 22.1 Å². The van der Waals surface area contributed by atoms with Crippen molar-refractivity contribution in [3.05, 3.63) is 47.9 Å². The minimum Gasteiger partial charge on any atom is -0.476 e. The van der Waals surface area contributed by atoms with Crippen LogP contribution in [0.4, 0.5) is 6.01 Å². The van der Waals surface area contributed by atoms with E-state index in [1.807, 2.05) is 30.3 Å². The number of rotatable bonds is 5. The first-order valence-corrected chi connectivity index (χ1v) is 5.32. The zero-order valence-electron chi connectivity index (χ0n) is 9.41. The van der Waals surface area contributed by atoms with Crippen molar-refractivity contribution in [1.82, 2.24) is 4.98 Å². The molecule has 0 aliphatic heterocycles. The number of oxazole rings is 1. The van der Waals surface area contributed by atoms with E-state index in [0.717, 1.165) is 11.8 Å². The van der Waals surface area contributed by atoms with Gasteiger partial charge in [0, 0.05) is 0 Å². The van der Waals surface area contributed by atoms with E-state index >= 15 is 0 Å². The Labute approximate surface area is 103 Å². The summed E-state index contributed by atoms with van der Waals surface area (Å²) < 4.78 is 4.97. The van der Waals surface area contributed by atoms with Crippen molar-refractivity contribution in [2.75, 3.05) is 11.9 Å². The fourth-order valence-corrected chi connectivity index (χ4v) is 1.51. The number of benzene rings is 1. The van der Waals surface area contributed by atoms with Crippen molar-refractivity contribution in [2.24, 2.45) is 0 Å². The topological polar surface area (TPSA) is 95.6 Å². The molecule has 0 aliphatic carbocycles. The molecule has 18 heavy (non-hydrogen) atoms. The van der Waals surface area contributed by atoms with Gasteiger partial charge in [0.2, 0.25) is 0 Å². The first kappa shape index (κ1) is 12.1. The van der Waals surface area contributed by atoms with Crippen LogP contribution in [0.5, 0.6) is 0 Å². The van der Waals surface area contributed by atoms with E-state index in [9.17, 15) is 9.90 Å². The molecule has 1 atom stereocenters. The van der Waals surface area contributed by atoms with Gasteiger partial charge in [0.1, 0.15) is 6.26 Å². The summed E-state index contributed by atoms with van der Waals surface area (Å²) in [7, 11) is 0. The third-order valence-corrected chi connectivity index (χ3v) is 2.41. The Morgan fingerprint density at radius 2 is 2.11 bits per heavy atom. The minimum atomic E-state index is -1.16. The van der Waals surface area contributed by atoms with Crippen LogP contribution in [-0.2, 0) is 0 Å². The zero-order chi connectivity index (χ0) is 13.0. The molecule has 2 aromatic rings. The number of hydrogen-bond donors (Lipinski definition) is 3. The first-order chi connectivity index (χ1) is 8.70. The predicted molar refractivity (Wildman–Crippen MR) is 63.4 cm³/mol. The van der Waals surface area contributed by atoms with Crippen LogP contribution in [0.2, 0.25) is 0 Å². The zero-order valence-corrected chi connectivity index (χ0v) is 9.41. The number of carboxylic acid groups (broad SMARTS) is 1. The lowest BCUT2D eigenvalue weighted by molar-refractivity contribution is 0.0690. The molecule has 0 amide bonds. The van der Waals surface area contributed by atoms with E-state index in [2.05, 4.69) is 10.3 Å². The quantitative estimate of drug-likeness (QED) is 0.742. The molecular formula is C12H12N2O4. The largest absolute Gasteiger partial charge is 0.476 e. The summed E-state index contributed by atoms with van der Waals surface area (Å²) >= 11 is 0. The normalized spacial score (nSPS) is 12.1. The number of carboxylic acids is 1. The highest BCUT2D eigenvalue weighted by molar-refractivity contribution is 5.85. The SMILES string of the molecule is O=C(O)c1coc(NC(CO)c2ccccc2)n1. The molecule has 0 bridgehead atoms. The Bertz CT molecular complexity index is 524. The second kappa shape index (κ2) is 5.33. The van der Waals surface area contributed by atoms with E-state index < -0.39 is 12.0 Å². The van der Waals surface area contributed by atoms with Gasteiger partial charge < -0.3 is 19.9 Å². The standard InChI is InChI=1S/C12H12N2O4/c15-6-9(8-4-2-1-3-5-8)13-12-14-10(7-18-12)11(16)17/h1-5,7,9,15H,6H2,(H,13,14)(H,16,17). The molecular weight excluding hydrogens is 236 g/mol. The molecule has 0 saturated carbocycles. The number of carbonyl (C=O) groups is 1. The Hall–Kier alpha value is -2.34. The molecule has 1 unspecified atom stereocenters. The molecule has 3 N–H and O–H groups in total. The summed E-state index contributed by atoms with van der Waals surface area (Å²) in [5.74, 6) is -1.16. The summed E-state index contributed by atoms with van der Waals surface area (Å²) in [5, 5.41) is 20.8. The second-order valence-electron chi connectivity index (χ2n) is 3.63. The van der Waals surface area contributed by atoms with Crippen molar-refractivity contribution in [3.8, 4) is 0 Å². The molecule has 6 heteroatoms. The van der Waals surface area contributed by atoms with Gasteiger partial charge in [0.25, 0.3) is 6.01 Å². The van der Waals surface area contributed by atoms with Crippen molar-refractivity contribution in [2.45, 2.75) is 6.04 Å². The van der Waals surface area contributed by atoms with Crippen LogP contribution in [0.3, 0.4) is 0 Å². The van der Waals surface area contributed by atoms with Gasteiger partial charge in [0.15, 0.2) is 5.69 Å². The molecule has 1 aromatic carbocycles. The molecule has 0 radical (unpaired) electrons. The van der Waals surface area contributed by atoms with Crippen molar-refractivity contribution >= 4 is 12.0 Å². The maximum Gasteiger partial charge on any atom is 0.357 e. The van der Waals surface area contributed by atoms with E-state index in [-0.39, 0.29) is 18.3 Å². The summed E-state index contributed by atoms with van der Waals surface area (Å²) in [6, 6.07) is 8.91. The number of aliphatic hydroxyl groups excluding tert-OH is 1. The number of anilines is 1. The van der Waals surface area contributed by atoms with Crippen LogP contribution in [0.15, 0.2) is 41.0 Å². The minimum absolute atomic E-state index is 0.0651. The summed E-state index contributed by atoms with van der Waals surface area (Å²) in [4.78, 5) is 14.4. The second-order valence-corrected chi connectivity index (χ2v) is 3.63. The van der Waals surface area contributed by atoms with Gasteiger partial charge in [0.05, 0.1) is 12.6 Å². The Kier molecular flexibility index (Phi) is 3.59. The third kappa shape index (κ3) is 2.67. The van der Waals surface area contributed by atoms with E-state index in [0.29, 0.717) is 0 Å². The lowest BCUT2D eigenvalue weighted by Crippen LogP contribution is -2.15. The lowest BCUT2D eigenvalue weighted by Gasteiger charge is -2.14. The van der Waals surface area contributed by atoms with Gasteiger partial charge in [-0.2, -0.15) is 4.98 Å². The lowest BCUT2D eigenvalue weighted by atomic mass is 10.1. The van der Waals surface area contributed by atoms with Crippen LogP contribution in [-0.4, -0.2) is 27.8 Å². The summed E-state index contributed by atoms with van der Waals surface area (Å²) in [6.45, 7) is -0.158. The number of nitrogens with one attached hydrogen (secondary N) is 1. The van der Waals surface area contributed by atoms with Crippen LogP contribution in [0.25, 0.3) is 0 Å². The van der Waals surface area contributed by atoms with Crippen LogP contribution >= 0.6 is 0 Å². The van der Waals surface area contributed by atoms with Gasteiger partial charge >= 0.3 is 5.97 Å². The van der Waals surface area contributed by atoms with E-state index in [1.165, 1.54) is 0 Å². The molecule has 0 fully saturated rings. The van der Waals surface area contributed by atoms with Crippen molar-refractivity contribution in [3.63, 3.8) is 0 Å². The fraction of sp³-hybridized carbons (Fsp3) is 0.167. The highest BCUT2D eigenvalue weighted by Crippen LogP contribution is 2.18. The van der Waals surface area contributed by atoms with Gasteiger partial charge in [-0.05, 0) is 5.56 Å². The molecule has 2 rings (SSSR count). The highest BCUT2D eigenvalue weighted by atomic mass is 16.4. The van der Waals surface area contributed by atoms with Gasteiger partial charge in [-0.25, -0.2) is 4.79 Å². The monoisotopic (exact) mass is 248 g/mol. The Balaban J connectivity index is 2.13. The van der Waals surface area contributed by atoms with Gasteiger partial charge in [-0.1, -0.05) is 30.3 Å². The van der Waals surface area contributed by atoms with Gasteiger partial charge in [-0.15, -0.1) is 0 Å². The number of hydrogen-bond acceptors (Lipinski definition) is 5. The maximum absolute atomic E-state index is 10.6. The molecule has 1 heterocycles. The Morgan fingerprint density at radius 3 is 2.67 bits per heavy atom. The maximum atomic E-state index is 10.6. The molecule has 94 valence electrons.